The Kier molecular flexibility index (Phi) is 10.1. The lowest BCUT2D eigenvalue weighted by Crippen LogP contribution is -2.16. The van der Waals surface area contributed by atoms with E-state index in [9.17, 15) is 8.96 Å². The smallest absolute Gasteiger partial charge is 0.325 e. The van der Waals surface area contributed by atoms with Gasteiger partial charge < -0.3 is 24.8 Å². The summed E-state index contributed by atoms with van der Waals surface area (Å²) in [5.41, 5.74) is 4.75. The van der Waals surface area contributed by atoms with Crippen molar-refractivity contribution in [3.05, 3.63) is 77.3 Å². The Morgan fingerprint density at radius 1 is 1.03 bits per heavy atom. The number of hydrogen-bond donors (Lipinski definition) is 4. The highest BCUT2D eigenvalue weighted by atomic mass is 31.2. The van der Waals surface area contributed by atoms with Crippen molar-refractivity contribution in [2.45, 2.75) is 46.1 Å². The fraction of sp³-hybridized carbons (Fsp3) is 0.407. The first-order valence-corrected chi connectivity index (χ1v) is 13.9. The van der Waals surface area contributed by atoms with E-state index < -0.39 is 7.60 Å². The Morgan fingerprint density at radius 3 is 2.51 bits per heavy atom. The molecule has 1 heterocycles. The van der Waals surface area contributed by atoms with Crippen LogP contribution in [0.5, 0.6) is 0 Å². The molecule has 0 atom stereocenters. The number of hydrogen-bond acceptors (Lipinski definition) is 4. The van der Waals surface area contributed by atoms with Crippen LogP contribution >= 0.6 is 7.60 Å². The van der Waals surface area contributed by atoms with Gasteiger partial charge in [-0.1, -0.05) is 32.0 Å². The molecule has 0 aliphatic carbocycles. The maximum Gasteiger partial charge on any atom is 0.325 e. The molecule has 8 heteroatoms. The van der Waals surface area contributed by atoms with Crippen LogP contribution < -0.4 is 10.6 Å². The van der Waals surface area contributed by atoms with E-state index in [0.29, 0.717) is 25.4 Å². The molecule has 0 aliphatic heterocycles. The predicted octanol–water partition coefficient (Wildman–Crippen LogP) is 5.99. The summed E-state index contributed by atoms with van der Waals surface area (Å²) >= 11 is 0. The molecule has 1 aromatic heterocycles. The number of nitrogens with one attached hydrogen (secondary N) is 2. The highest BCUT2D eigenvalue weighted by Crippen LogP contribution is 2.34. The van der Waals surface area contributed by atoms with Gasteiger partial charge in [-0.25, -0.2) is 4.39 Å². The summed E-state index contributed by atoms with van der Waals surface area (Å²) in [5, 5.41) is 6.71. The third kappa shape index (κ3) is 9.26. The van der Waals surface area contributed by atoms with E-state index in [1.165, 1.54) is 0 Å². The third-order valence-corrected chi connectivity index (χ3v) is 6.60. The molecule has 3 aromatic rings. The van der Waals surface area contributed by atoms with Gasteiger partial charge in [-0.2, -0.15) is 0 Å². The molecule has 0 bridgehead atoms. The van der Waals surface area contributed by atoms with Crippen LogP contribution in [-0.4, -0.2) is 29.0 Å². The van der Waals surface area contributed by atoms with E-state index in [1.807, 2.05) is 36.4 Å². The largest absolute Gasteiger partial charge is 0.464 e. The molecule has 0 saturated heterocycles. The summed E-state index contributed by atoms with van der Waals surface area (Å²) < 4.78 is 30.9. The normalized spacial score (nSPS) is 11.8. The van der Waals surface area contributed by atoms with Gasteiger partial charge in [-0.3, -0.25) is 4.57 Å². The van der Waals surface area contributed by atoms with Crippen molar-refractivity contribution in [3.63, 3.8) is 0 Å². The lowest BCUT2D eigenvalue weighted by molar-refractivity contribution is 0.371. The third-order valence-electron chi connectivity index (χ3n) is 5.71. The molecular weight excluding hydrogens is 466 g/mol. The van der Waals surface area contributed by atoms with E-state index in [-0.39, 0.29) is 12.0 Å². The van der Waals surface area contributed by atoms with E-state index in [4.69, 9.17) is 14.2 Å². The summed E-state index contributed by atoms with van der Waals surface area (Å²) in [4.78, 5) is 17.9. The molecule has 0 fully saturated rings. The van der Waals surface area contributed by atoms with Gasteiger partial charge in [0.15, 0.2) is 0 Å². The lowest BCUT2D eigenvalue weighted by Gasteiger charge is -2.14. The summed E-state index contributed by atoms with van der Waals surface area (Å²) in [6, 6.07) is 15.5. The van der Waals surface area contributed by atoms with Crippen LogP contribution in [-0.2, 0) is 24.0 Å². The summed E-state index contributed by atoms with van der Waals surface area (Å²) in [5.74, 6) is 1.08. The summed E-state index contributed by atoms with van der Waals surface area (Å²) in [6.45, 7) is 6.04. The van der Waals surface area contributed by atoms with Gasteiger partial charge in [0.1, 0.15) is 11.6 Å². The Bertz CT molecular complexity index is 1110. The number of anilines is 1. The average molecular weight is 503 g/mol. The van der Waals surface area contributed by atoms with Crippen LogP contribution in [0.3, 0.4) is 0 Å². The molecule has 35 heavy (non-hydrogen) atoms. The Morgan fingerprint density at radius 2 is 1.83 bits per heavy atom. The summed E-state index contributed by atoms with van der Waals surface area (Å²) in [7, 11) is -3.95. The van der Waals surface area contributed by atoms with Crippen molar-refractivity contribution in [2.24, 2.45) is 5.92 Å². The SMILES string of the molecule is CC(C)Cc1ccc(CCCNc2ccc(CNCCCP(=O)(O)O)cc2-c2ccco2)cc1F. The molecule has 190 valence electrons. The van der Waals surface area contributed by atoms with Crippen LogP contribution in [0.4, 0.5) is 10.1 Å². The number of halogens is 1. The van der Waals surface area contributed by atoms with E-state index in [0.717, 1.165) is 59.5 Å². The van der Waals surface area contributed by atoms with Gasteiger partial charge in [-0.15, -0.1) is 0 Å². The van der Waals surface area contributed by atoms with Crippen LogP contribution in [0.1, 0.15) is 43.4 Å². The number of furan rings is 1. The van der Waals surface area contributed by atoms with Gasteiger partial charge in [-0.05, 0) is 85.2 Å². The Hall–Kier alpha value is -2.44. The molecule has 2 aromatic carbocycles. The molecule has 0 saturated carbocycles. The second-order valence-corrected chi connectivity index (χ2v) is 11.1. The van der Waals surface area contributed by atoms with Crippen molar-refractivity contribution in [1.29, 1.82) is 0 Å². The predicted molar refractivity (Wildman–Crippen MR) is 139 cm³/mol. The van der Waals surface area contributed by atoms with Gasteiger partial charge in [0, 0.05) is 24.3 Å². The van der Waals surface area contributed by atoms with E-state index in [1.54, 1.807) is 12.3 Å². The van der Waals surface area contributed by atoms with Crippen molar-refractivity contribution >= 4 is 13.3 Å². The molecule has 0 unspecified atom stereocenters. The first kappa shape index (κ1) is 27.2. The van der Waals surface area contributed by atoms with Crippen LogP contribution in [0.25, 0.3) is 11.3 Å². The fourth-order valence-electron chi connectivity index (χ4n) is 4.00. The number of rotatable bonds is 14. The van der Waals surface area contributed by atoms with Crippen molar-refractivity contribution in [2.75, 3.05) is 24.6 Å². The minimum atomic E-state index is -3.95. The molecule has 0 spiro atoms. The molecular formula is C27H36FN2O4P. The second kappa shape index (κ2) is 13.0. The molecule has 0 radical (unpaired) electrons. The number of benzene rings is 2. The summed E-state index contributed by atoms with van der Waals surface area (Å²) in [6.07, 6.45) is 4.35. The quantitative estimate of drug-likeness (QED) is 0.160. The molecule has 6 nitrogen and oxygen atoms in total. The first-order valence-electron chi connectivity index (χ1n) is 12.1. The minimum absolute atomic E-state index is 0.116. The van der Waals surface area contributed by atoms with Crippen LogP contribution in [0, 0.1) is 11.7 Å². The number of aryl methyl sites for hydroxylation is 1. The van der Waals surface area contributed by atoms with Crippen molar-refractivity contribution < 1.29 is 23.2 Å². The van der Waals surface area contributed by atoms with Crippen molar-refractivity contribution in [3.8, 4) is 11.3 Å². The average Bonchev–Trinajstić information content (AvgIpc) is 3.32. The molecule has 0 aliphatic rings. The monoisotopic (exact) mass is 502 g/mol. The van der Waals surface area contributed by atoms with E-state index in [2.05, 4.69) is 30.5 Å². The maximum atomic E-state index is 14.4. The topological polar surface area (TPSA) is 94.7 Å². The van der Waals surface area contributed by atoms with Gasteiger partial charge >= 0.3 is 7.60 Å². The highest BCUT2D eigenvalue weighted by molar-refractivity contribution is 7.51. The zero-order valence-corrected chi connectivity index (χ0v) is 21.4. The van der Waals surface area contributed by atoms with Gasteiger partial charge in [0.2, 0.25) is 0 Å². The zero-order chi connectivity index (χ0) is 25.3. The Labute approximate surface area is 207 Å². The zero-order valence-electron chi connectivity index (χ0n) is 20.5. The van der Waals surface area contributed by atoms with Crippen molar-refractivity contribution in [1.82, 2.24) is 5.32 Å². The minimum Gasteiger partial charge on any atom is -0.464 e. The second-order valence-electron chi connectivity index (χ2n) is 9.33. The highest BCUT2D eigenvalue weighted by Gasteiger charge is 2.12. The van der Waals surface area contributed by atoms with Crippen LogP contribution in [0.2, 0.25) is 0 Å². The molecule has 3 rings (SSSR count). The maximum absolute atomic E-state index is 14.4. The van der Waals surface area contributed by atoms with Crippen LogP contribution in [0.15, 0.2) is 59.2 Å². The standard InChI is InChI=1S/C27H36FN2O4P/c1-20(2)16-23-10-8-21(18-25(23)28)6-3-13-30-26-11-9-22(17-24(26)27-7-4-14-34-27)19-29-12-5-15-35(31,32)33/h4,7-11,14,17-18,20,29-30H,3,5-6,12-13,15-16,19H2,1-2H3,(H2,31,32,33). The molecule has 4 N–H and O–H groups in total. The lowest BCUT2D eigenvalue weighted by atomic mass is 9.99. The first-order chi connectivity index (χ1) is 16.7. The van der Waals surface area contributed by atoms with Gasteiger partial charge in [0.25, 0.3) is 0 Å². The molecule has 0 amide bonds. The Balaban J connectivity index is 1.55. The van der Waals surface area contributed by atoms with E-state index >= 15 is 0 Å². The fourth-order valence-corrected chi connectivity index (χ4v) is 4.57. The van der Waals surface area contributed by atoms with Gasteiger partial charge in [0.05, 0.1) is 12.4 Å².